The highest BCUT2D eigenvalue weighted by molar-refractivity contribution is 5.26. The highest BCUT2D eigenvalue weighted by Gasteiger charge is 2.10. The van der Waals surface area contributed by atoms with E-state index in [0.29, 0.717) is 0 Å². The summed E-state index contributed by atoms with van der Waals surface area (Å²) in [5.74, 6) is 0. The SMILES string of the molecule is CCCCCCCOCc1ccccc1CNC(C)(C)C. The molecule has 2 nitrogen and oxygen atoms in total. The maximum Gasteiger partial charge on any atom is 0.0720 e. The average molecular weight is 291 g/mol. The van der Waals surface area contributed by atoms with Crippen molar-refractivity contribution in [3.8, 4) is 0 Å². The van der Waals surface area contributed by atoms with E-state index in [1.165, 1.54) is 43.2 Å². The summed E-state index contributed by atoms with van der Waals surface area (Å²) in [4.78, 5) is 0. The average Bonchev–Trinajstić information content (AvgIpc) is 2.44. The van der Waals surface area contributed by atoms with Gasteiger partial charge in [0, 0.05) is 18.7 Å². The zero-order valence-electron chi connectivity index (χ0n) is 14.4. The Morgan fingerprint density at radius 2 is 1.62 bits per heavy atom. The van der Waals surface area contributed by atoms with Gasteiger partial charge in [0.05, 0.1) is 6.61 Å². The summed E-state index contributed by atoms with van der Waals surface area (Å²) in [6.07, 6.45) is 6.46. The monoisotopic (exact) mass is 291 g/mol. The zero-order chi connectivity index (χ0) is 15.6. The van der Waals surface area contributed by atoms with Crippen molar-refractivity contribution in [1.82, 2.24) is 5.32 Å². The van der Waals surface area contributed by atoms with Gasteiger partial charge in [-0.25, -0.2) is 0 Å². The molecule has 0 saturated carbocycles. The molecule has 21 heavy (non-hydrogen) atoms. The quantitative estimate of drug-likeness (QED) is 0.608. The number of unbranched alkanes of at least 4 members (excludes halogenated alkanes) is 4. The van der Waals surface area contributed by atoms with Crippen molar-refractivity contribution in [2.75, 3.05) is 6.61 Å². The summed E-state index contributed by atoms with van der Waals surface area (Å²) in [7, 11) is 0. The van der Waals surface area contributed by atoms with Gasteiger partial charge in [0.2, 0.25) is 0 Å². The molecule has 1 rings (SSSR count). The minimum Gasteiger partial charge on any atom is -0.377 e. The number of ether oxygens (including phenoxy) is 1. The Kier molecular flexibility index (Phi) is 8.63. The normalized spacial score (nSPS) is 11.8. The van der Waals surface area contributed by atoms with Gasteiger partial charge in [0.15, 0.2) is 0 Å². The fourth-order valence-electron chi connectivity index (χ4n) is 2.22. The second-order valence-corrected chi connectivity index (χ2v) is 6.84. The van der Waals surface area contributed by atoms with Gasteiger partial charge in [0.25, 0.3) is 0 Å². The molecule has 120 valence electrons. The first-order valence-electron chi connectivity index (χ1n) is 8.42. The fraction of sp³-hybridized carbons (Fsp3) is 0.684. The summed E-state index contributed by atoms with van der Waals surface area (Å²) in [6.45, 7) is 11.4. The van der Waals surface area contributed by atoms with Crippen molar-refractivity contribution in [3.05, 3.63) is 35.4 Å². The van der Waals surface area contributed by atoms with Crippen LogP contribution in [0.5, 0.6) is 0 Å². The van der Waals surface area contributed by atoms with Crippen LogP contribution in [0.3, 0.4) is 0 Å². The van der Waals surface area contributed by atoms with Gasteiger partial charge in [0.1, 0.15) is 0 Å². The standard InChI is InChI=1S/C19H33NO/c1-5-6-7-8-11-14-21-16-18-13-10-9-12-17(18)15-20-19(2,3)4/h9-10,12-13,20H,5-8,11,14-16H2,1-4H3. The van der Waals surface area contributed by atoms with E-state index in [-0.39, 0.29) is 5.54 Å². The van der Waals surface area contributed by atoms with Crippen LogP contribution in [0.15, 0.2) is 24.3 Å². The van der Waals surface area contributed by atoms with Gasteiger partial charge in [-0.05, 0) is 38.3 Å². The molecule has 1 aromatic carbocycles. The van der Waals surface area contributed by atoms with Crippen molar-refractivity contribution in [2.45, 2.75) is 78.5 Å². The number of hydrogen-bond donors (Lipinski definition) is 1. The highest BCUT2D eigenvalue weighted by atomic mass is 16.5. The summed E-state index contributed by atoms with van der Waals surface area (Å²) in [6, 6.07) is 8.57. The topological polar surface area (TPSA) is 21.3 Å². The molecule has 0 atom stereocenters. The molecular formula is C19H33NO. The Labute approximate surface area is 131 Å². The lowest BCUT2D eigenvalue weighted by molar-refractivity contribution is 0.116. The van der Waals surface area contributed by atoms with Crippen molar-refractivity contribution >= 4 is 0 Å². The molecule has 0 fully saturated rings. The largest absolute Gasteiger partial charge is 0.377 e. The predicted octanol–water partition coefficient (Wildman–Crippen LogP) is 5.06. The van der Waals surface area contributed by atoms with Crippen LogP contribution in [0.25, 0.3) is 0 Å². The van der Waals surface area contributed by atoms with Gasteiger partial charge in [-0.15, -0.1) is 0 Å². The van der Waals surface area contributed by atoms with Crippen molar-refractivity contribution in [2.24, 2.45) is 0 Å². The lowest BCUT2D eigenvalue weighted by atomic mass is 10.1. The van der Waals surface area contributed by atoms with Gasteiger partial charge in [-0.2, -0.15) is 0 Å². The van der Waals surface area contributed by atoms with Crippen molar-refractivity contribution in [1.29, 1.82) is 0 Å². The van der Waals surface area contributed by atoms with E-state index in [0.717, 1.165) is 19.8 Å². The second-order valence-electron chi connectivity index (χ2n) is 6.84. The third-order valence-electron chi connectivity index (χ3n) is 3.58. The summed E-state index contributed by atoms with van der Waals surface area (Å²) < 4.78 is 5.84. The Bertz CT molecular complexity index is 381. The Hall–Kier alpha value is -0.860. The van der Waals surface area contributed by atoms with Gasteiger partial charge in [-0.3, -0.25) is 0 Å². The molecule has 0 amide bonds. The van der Waals surface area contributed by atoms with Gasteiger partial charge >= 0.3 is 0 Å². The number of nitrogens with one attached hydrogen (secondary N) is 1. The minimum absolute atomic E-state index is 0.146. The summed E-state index contributed by atoms with van der Waals surface area (Å²) in [5, 5.41) is 3.55. The van der Waals surface area contributed by atoms with Crippen LogP contribution in [-0.2, 0) is 17.9 Å². The lowest BCUT2D eigenvalue weighted by Crippen LogP contribution is -2.35. The summed E-state index contributed by atoms with van der Waals surface area (Å²) in [5.41, 5.74) is 2.80. The van der Waals surface area contributed by atoms with Crippen LogP contribution in [0.4, 0.5) is 0 Å². The van der Waals surface area contributed by atoms with E-state index in [1.54, 1.807) is 0 Å². The number of benzene rings is 1. The molecule has 0 radical (unpaired) electrons. The lowest BCUT2D eigenvalue weighted by Gasteiger charge is -2.21. The zero-order valence-corrected chi connectivity index (χ0v) is 14.4. The minimum atomic E-state index is 0.146. The number of rotatable bonds is 10. The van der Waals surface area contributed by atoms with E-state index in [4.69, 9.17) is 4.74 Å². The molecule has 0 aliphatic rings. The first-order valence-corrected chi connectivity index (χ1v) is 8.42. The molecule has 0 aromatic heterocycles. The maximum absolute atomic E-state index is 5.84. The Morgan fingerprint density at radius 3 is 2.29 bits per heavy atom. The van der Waals surface area contributed by atoms with Crippen molar-refractivity contribution in [3.63, 3.8) is 0 Å². The summed E-state index contributed by atoms with van der Waals surface area (Å²) >= 11 is 0. The smallest absolute Gasteiger partial charge is 0.0720 e. The maximum atomic E-state index is 5.84. The van der Waals surface area contributed by atoms with Gasteiger partial charge < -0.3 is 10.1 Å². The molecule has 0 bridgehead atoms. The molecule has 0 heterocycles. The van der Waals surface area contributed by atoms with Crippen LogP contribution in [0.2, 0.25) is 0 Å². The fourth-order valence-corrected chi connectivity index (χ4v) is 2.22. The third-order valence-corrected chi connectivity index (χ3v) is 3.58. The van der Waals surface area contributed by atoms with Crippen LogP contribution < -0.4 is 5.32 Å². The van der Waals surface area contributed by atoms with Crippen LogP contribution in [0, 0.1) is 0 Å². The van der Waals surface area contributed by atoms with E-state index in [9.17, 15) is 0 Å². The molecule has 0 saturated heterocycles. The molecule has 2 heteroatoms. The highest BCUT2D eigenvalue weighted by Crippen LogP contribution is 2.12. The van der Waals surface area contributed by atoms with Crippen LogP contribution in [0.1, 0.15) is 70.9 Å². The van der Waals surface area contributed by atoms with E-state index >= 15 is 0 Å². The molecule has 1 aromatic rings. The third kappa shape index (κ3) is 8.90. The molecule has 0 unspecified atom stereocenters. The van der Waals surface area contributed by atoms with E-state index < -0.39 is 0 Å². The van der Waals surface area contributed by atoms with Crippen LogP contribution >= 0.6 is 0 Å². The molecule has 0 aliphatic heterocycles. The molecule has 0 aliphatic carbocycles. The Morgan fingerprint density at radius 1 is 0.952 bits per heavy atom. The first-order chi connectivity index (χ1) is 10.0. The number of hydrogen-bond acceptors (Lipinski definition) is 2. The Balaban J connectivity index is 2.31. The predicted molar refractivity (Wildman–Crippen MR) is 91.4 cm³/mol. The molecule has 0 spiro atoms. The van der Waals surface area contributed by atoms with E-state index in [2.05, 4.69) is 57.3 Å². The first kappa shape index (κ1) is 18.2. The van der Waals surface area contributed by atoms with Gasteiger partial charge in [-0.1, -0.05) is 56.9 Å². The van der Waals surface area contributed by atoms with E-state index in [1.807, 2.05) is 0 Å². The van der Waals surface area contributed by atoms with Crippen molar-refractivity contribution < 1.29 is 4.74 Å². The molecule has 1 N–H and O–H groups in total. The molecular weight excluding hydrogens is 258 g/mol. The van der Waals surface area contributed by atoms with Crippen LogP contribution in [-0.4, -0.2) is 12.1 Å². The second kappa shape index (κ2) is 9.97.